The minimum atomic E-state index is -0.444. The van der Waals surface area contributed by atoms with Crippen LogP contribution in [-0.2, 0) is 0 Å². The Labute approximate surface area is 146 Å². The minimum absolute atomic E-state index is 0.186. The fourth-order valence-corrected chi connectivity index (χ4v) is 2.92. The number of carbonyl (C=O) groups is 1. The van der Waals surface area contributed by atoms with Crippen LogP contribution in [0.5, 0.6) is 5.75 Å². The molecule has 0 saturated heterocycles. The first kappa shape index (κ1) is 17.0. The van der Waals surface area contributed by atoms with Gasteiger partial charge in [0.1, 0.15) is 0 Å². The molecule has 0 fully saturated rings. The highest BCUT2D eigenvalue weighted by molar-refractivity contribution is 5.99. The molecule has 5 heteroatoms. The van der Waals surface area contributed by atoms with Crippen molar-refractivity contribution in [3.63, 3.8) is 0 Å². The average Bonchev–Trinajstić information content (AvgIpc) is 2.88. The van der Waals surface area contributed by atoms with Crippen LogP contribution in [0.4, 0.5) is 4.39 Å². The summed E-state index contributed by atoms with van der Waals surface area (Å²) in [6, 6.07) is 9.94. The number of halogens is 1. The molecule has 1 amide bonds. The SMILES string of the molecule is COc1ccc([C@H](C)NC(=O)c2ccc3[nH]c(C)c(C)c3c2)cc1F. The fourth-order valence-electron chi connectivity index (χ4n) is 2.92. The van der Waals surface area contributed by atoms with E-state index in [1.165, 1.54) is 13.2 Å². The van der Waals surface area contributed by atoms with E-state index in [1.54, 1.807) is 18.2 Å². The van der Waals surface area contributed by atoms with Crippen molar-refractivity contribution < 1.29 is 13.9 Å². The van der Waals surface area contributed by atoms with Crippen LogP contribution >= 0.6 is 0 Å². The molecule has 0 spiro atoms. The van der Waals surface area contributed by atoms with Crippen LogP contribution in [0.2, 0.25) is 0 Å². The first-order valence-corrected chi connectivity index (χ1v) is 8.14. The number of aryl methyl sites for hydroxylation is 2. The Balaban J connectivity index is 1.81. The fraction of sp³-hybridized carbons (Fsp3) is 0.250. The molecule has 2 N–H and O–H groups in total. The van der Waals surface area contributed by atoms with Gasteiger partial charge in [0.05, 0.1) is 13.2 Å². The zero-order valence-corrected chi connectivity index (χ0v) is 14.7. The zero-order chi connectivity index (χ0) is 18.1. The van der Waals surface area contributed by atoms with E-state index < -0.39 is 5.82 Å². The van der Waals surface area contributed by atoms with E-state index in [0.29, 0.717) is 11.1 Å². The topological polar surface area (TPSA) is 54.1 Å². The number of methoxy groups -OCH3 is 1. The Hall–Kier alpha value is -2.82. The summed E-state index contributed by atoms with van der Waals surface area (Å²) >= 11 is 0. The normalized spacial score (nSPS) is 12.2. The summed E-state index contributed by atoms with van der Waals surface area (Å²) in [7, 11) is 1.42. The van der Waals surface area contributed by atoms with Crippen LogP contribution in [-0.4, -0.2) is 18.0 Å². The predicted molar refractivity (Wildman–Crippen MR) is 96.6 cm³/mol. The van der Waals surface area contributed by atoms with E-state index in [2.05, 4.69) is 10.3 Å². The van der Waals surface area contributed by atoms with Crippen molar-refractivity contribution in [2.45, 2.75) is 26.8 Å². The molecule has 3 aromatic rings. The second-order valence-electron chi connectivity index (χ2n) is 6.22. The van der Waals surface area contributed by atoms with Gasteiger partial charge in [-0.3, -0.25) is 4.79 Å². The van der Waals surface area contributed by atoms with Crippen LogP contribution in [0.25, 0.3) is 10.9 Å². The maximum absolute atomic E-state index is 13.9. The van der Waals surface area contributed by atoms with Crippen molar-refractivity contribution in [2.24, 2.45) is 0 Å². The lowest BCUT2D eigenvalue weighted by atomic mass is 10.1. The summed E-state index contributed by atoms with van der Waals surface area (Å²) in [5, 5.41) is 3.95. The number of H-pyrrole nitrogens is 1. The quantitative estimate of drug-likeness (QED) is 0.738. The van der Waals surface area contributed by atoms with Crippen LogP contribution in [0.1, 0.15) is 40.1 Å². The highest BCUT2D eigenvalue weighted by atomic mass is 19.1. The molecular weight excluding hydrogens is 319 g/mol. The minimum Gasteiger partial charge on any atom is -0.494 e. The molecule has 1 atom stereocenters. The Morgan fingerprint density at radius 1 is 1.20 bits per heavy atom. The second-order valence-corrected chi connectivity index (χ2v) is 6.22. The average molecular weight is 340 g/mol. The molecule has 130 valence electrons. The first-order valence-electron chi connectivity index (χ1n) is 8.14. The molecule has 4 nitrogen and oxygen atoms in total. The number of hydrogen-bond donors (Lipinski definition) is 2. The summed E-state index contributed by atoms with van der Waals surface area (Å²) in [5.41, 5.74) is 4.50. The van der Waals surface area contributed by atoms with Gasteiger partial charge in [-0.25, -0.2) is 4.39 Å². The molecule has 1 heterocycles. The molecule has 0 aliphatic heterocycles. The number of hydrogen-bond acceptors (Lipinski definition) is 2. The summed E-state index contributed by atoms with van der Waals surface area (Å²) in [5.74, 6) is -0.448. The molecule has 0 aliphatic rings. The number of ether oxygens (including phenoxy) is 1. The van der Waals surface area contributed by atoms with Crippen molar-refractivity contribution in [1.29, 1.82) is 0 Å². The lowest BCUT2D eigenvalue weighted by Crippen LogP contribution is -2.26. The van der Waals surface area contributed by atoms with Gasteiger partial charge in [0.25, 0.3) is 5.91 Å². The van der Waals surface area contributed by atoms with Gasteiger partial charge < -0.3 is 15.0 Å². The number of rotatable bonds is 4. The van der Waals surface area contributed by atoms with Crippen molar-refractivity contribution in [3.05, 3.63) is 64.6 Å². The third-order valence-corrected chi connectivity index (χ3v) is 4.59. The monoisotopic (exact) mass is 340 g/mol. The maximum atomic E-state index is 13.9. The van der Waals surface area contributed by atoms with Crippen molar-refractivity contribution in [2.75, 3.05) is 7.11 Å². The Bertz CT molecular complexity index is 946. The molecule has 0 bridgehead atoms. The molecule has 0 aliphatic carbocycles. The van der Waals surface area contributed by atoms with E-state index >= 15 is 0 Å². The van der Waals surface area contributed by atoms with Crippen LogP contribution in [0.3, 0.4) is 0 Å². The highest BCUT2D eigenvalue weighted by Crippen LogP contribution is 2.24. The van der Waals surface area contributed by atoms with Gasteiger partial charge in [-0.05, 0) is 62.2 Å². The Morgan fingerprint density at radius 3 is 2.64 bits per heavy atom. The summed E-state index contributed by atoms with van der Waals surface area (Å²) in [4.78, 5) is 15.8. The van der Waals surface area contributed by atoms with Gasteiger partial charge in [0.2, 0.25) is 0 Å². The van der Waals surface area contributed by atoms with Gasteiger partial charge in [-0.1, -0.05) is 6.07 Å². The van der Waals surface area contributed by atoms with Crippen LogP contribution in [0, 0.1) is 19.7 Å². The largest absolute Gasteiger partial charge is 0.494 e. The van der Waals surface area contributed by atoms with E-state index in [-0.39, 0.29) is 17.7 Å². The van der Waals surface area contributed by atoms with E-state index in [0.717, 1.165) is 22.2 Å². The molecule has 0 radical (unpaired) electrons. The van der Waals surface area contributed by atoms with E-state index in [1.807, 2.05) is 32.9 Å². The lowest BCUT2D eigenvalue weighted by Gasteiger charge is -2.15. The third kappa shape index (κ3) is 3.22. The van der Waals surface area contributed by atoms with Gasteiger partial charge in [-0.15, -0.1) is 0 Å². The number of aromatic nitrogens is 1. The molecule has 0 unspecified atom stereocenters. The third-order valence-electron chi connectivity index (χ3n) is 4.59. The number of benzene rings is 2. The number of fused-ring (bicyclic) bond motifs is 1. The zero-order valence-electron chi connectivity index (χ0n) is 14.7. The molecule has 3 rings (SSSR count). The van der Waals surface area contributed by atoms with Crippen molar-refractivity contribution in [1.82, 2.24) is 10.3 Å². The van der Waals surface area contributed by atoms with Gasteiger partial charge >= 0.3 is 0 Å². The number of aromatic amines is 1. The standard InChI is InChI=1S/C20H21FN2O2/c1-11-12(2)22-18-7-5-15(9-16(11)18)20(24)23-13(3)14-6-8-19(25-4)17(21)10-14/h5-10,13,22H,1-4H3,(H,23,24)/t13-/m0/s1. The molecule has 25 heavy (non-hydrogen) atoms. The molecular formula is C20H21FN2O2. The van der Waals surface area contributed by atoms with E-state index in [9.17, 15) is 9.18 Å². The molecule has 2 aromatic carbocycles. The summed E-state index contributed by atoms with van der Waals surface area (Å²) in [6.45, 7) is 5.86. The number of carbonyl (C=O) groups excluding carboxylic acids is 1. The number of amides is 1. The molecule has 1 aromatic heterocycles. The molecule has 0 saturated carbocycles. The Kier molecular flexibility index (Phi) is 4.49. The van der Waals surface area contributed by atoms with Crippen LogP contribution < -0.4 is 10.1 Å². The summed E-state index contributed by atoms with van der Waals surface area (Å²) in [6.07, 6.45) is 0. The van der Waals surface area contributed by atoms with Crippen molar-refractivity contribution in [3.8, 4) is 5.75 Å². The van der Waals surface area contributed by atoms with Crippen LogP contribution in [0.15, 0.2) is 36.4 Å². The summed E-state index contributed by atoms with van der Waals surface area (Å²) < 4.78 is 18.8. The van der Waals surface area contributed by atoms with Gasteiger partial charge in [-0.2, -0.15) is 0 Å². The predicted octanol–water partition coefficient (Wildman–Crippen LogP) is 4.42. The smallest absolute Gasteiger partial charge is 0.251 e. The van der Waals surface area contributed by atoms with Gasteiger partial charge in [0.15, 0.2) is 11.6 Å². The Morgan fingerprint density at radius 2 is 1.96 bits per heavy atom. The number of nitrogens with one attached hydrogen (secondary N) is 2. The van der Waals surface area contributed by atoms with E-state index in [4.69, 9.17) is 4.74 Å². The lowest BCUT2D eigenvalue weighted by molar-refractivity contribution is 0.0940. The first-order chi connectivity index (χ1) is 11.9. The highest BCUT2D eigenvalue weighted by Gasteiger charge is 2.15. The van der Waals surface area contributed by atoms with Gasteiger partial charge in [0, 0.05) is 22.2 Å². The van der Waals surface area contributed by atoms with Crippen molar-refractivity contribution >= 4 is 16.8 Å². The second kappa shape index (κ2) is 6.59. The maximum Gasteiger partial charge on any atom is 0.251 e.